The van der Waals surface area contributed by atoms with Gasteiger partial charge in [-0.25, -0.2) is 0 Å². The summed E-state index contributed by atoms with van der Waals surface area (Å²) < 4.78 is 21.3. The predicted octanol–water partition coefficient (Wildman–Crippen LogP) is 0.621. The first-order valence-corrected chi connectivity index (χ1v) is 10.2. The van der Waals surface area contributed by atoms with Crippen LogP contribution in [0.15, 0.2) is 51.9 Å². The van der Waals surface area contributed by atoms with Crippen LogP contribution in [0.4, 0.5) is 0 Å². The minimum absolute atomic E-state index is 0.0233. The maximum Gasteiger partial charge on any atom is 0.302 e. The fourth-order valence-electron chi connectivity index (χ4n) is 3.60. The van der Waals surface area contributed by atoms with Gasteiger partial charge in [-0.2, -0.15) is 0 Å². The molecule has 1 aliphatic heterocycles. The number of phenols is 2. The Balaban J connectivity index is 1.62. The number of ether oxygens (including phenoxy) is 3. The first-order chi connectivity index (χ1) is 16.2. The molecule has 2 heterocycles. The zero-order valence-electron chi connectivity index (χ0n) is 17.8. The van der Waals surface area contributed by atoms with Crippen LogP contribution in [-0.2, 0) is 14.3 Å². The molecule has 4 rings (SSSR count). The molecule has 0 aliphatic carbocycles. The van der Waals surface area contributed by atoms with Crippen LogP contribution >= 0.6 is 0 Å². The quantitative estimate of drug-likeness (QED) is 0.328. The summed E-state index contributed by atoms with van der Waals surface area (Å²) in [7, 11) is 0. The van der Waals surface area contributed by atoms with Crippen molar-refractivity contribution < 1.29 is 49.0 Å². The van der Waals surface area contributed by atoms with Crippen molar-refractivity contribution in [3.8, 4) is 28.4 Å². The summed E-state index contributed by atoms with van der Waals surface area (Å²) in [6.07, 6.45) is -6.38. The number of rotatable bonds is 5. The highest BCUT2D eigenvalue weighted by atomic mass is 16.7. The highest BCUT2D eigenvalue weighted by Crippen LogP contribution is 2.32. The van der Waals surface area contributed by atoms with Gasteiger partial charge in [-0.15, -0.1) is 0 Å². The average molecular weight is 474 g/mol. The van der Waals surface area contributed by atoms with E-state index in [1.807, 2.05) is 0 Å². The third-order valence-electron chi connectivity index (χ3n) is 5.38. The van der Waals surface area contributed by atoms with Crippen molar-refractivity contribution in [3.05, 3.63) is 52.9 Å². The second kappa shape index (κ2) is 9.31. The van der Waals surface area contributed by atoms with Gasteiger partial charge in [0.2, 0.25) is 11.7 Å². The smallest absolute Gasteiger partial charge is 0.302 e. The Hall–Kier alpha value is -3.64. The highest BCUT2D eigenvalue weighted by Gasteiger charge is 2.45. The number of hydrogen-bond acceptors (Lipinski definition) is 11. The SMILES string of the molecule is CC(=O)OC[C@@H]1O[C@H](Oc2cc(O)c3c(=O)c(-c4ccc(O)cc4)coc3c2)[C@@H](O)[C@H](O)[C@H]1O. The number of fused-ring (bicyclic) bond motifs is 1. The molecule has 0 radical (unpaired) electrons. The highest BCUT2D eigenvalue weighted by molar-refractivity contribution is 5.88. The summed E-state index contributed by atoms with van der Waals surface area (Å²) in [4.78, 5) is 24.0. The van der Waals surface area contributed by atoms with Crippen molar-refractivity contribution in [1.82, 2.24) is 0 Å². The third kappa shape index (κ3) is 4.54. The standard InChI is InChI=1S/C23H22O11/c1-10(24)31-9-17-20(28)21(29)22(30)23(34-17)33-13-6-15(26)18-16(7-13)32-8-14(19(18)27)11-2-4-12(25)5-3-11/h2-8,17,20-23,25-26,28-30H,9H2,1H3/t17-,20-,21+,22-,23-/m0/s1. The Labute approximate surface area is 192 Å². The molecule has 2 aromatic carbocycles. The number of carbonyl (C=O) groups is 1. The van der Waals surface area contributed by atoms with Crippen LogP contribution in [0.2, 0.25) is 0 Å². The van der Waals surface area contributed by atoms with Crippen LogP contribution in [0.25, 0.3) is 22.1 Å². The molecule has 34 heavy (non-hydrogen) atoms. The van der Waals surface area contributed by atoms with Gasteiger partial charge in [0.1, 0.15) is 65.5 Å². The van der Waals surface area contributed by atoms with Gasteiger partial charge in [0.05, 0.1) is 5.56 Å². The molecule has 0 saturated carbocycles. The normalized spacial score (nSPS) is 24.6. The first-order valence-electron chi connectivity index (χ1n) is 10.2. The van der Waals surface area contributed by atoms with E-state index in [9.17, 15) is 35.1 Å². The zero-order valence-corrected chi connectivity index (χ0v) is 17.8. The molecule has 3 aromatic rings. The van der Waals surface area contributed by atoms with Crippen molar-refractivity contribution in [2.24, 2.45) is 0 Å². The van der Waals surface area contributed by atoms with Crippen molar-refractivity contribution in [2.75, 3.05) is 6.61 Å². The molecule has 0 bridgehead atoms. The third-order valence-corrected chi connectivity index (χ3v) is 5.38. The molecule has 1 saturated heterocycles. The summed E-state index contributed by atoms with van der Waals surface area (Å²) in [6.45, 7) is 0.769. The molecule has 5 N–H and O–H groups in total. The molecular formula is C23H22O11. The second-order valence-corrected chi connectivity index (χ2v) is 7.78. The number of hydrogen-bond donors (Lipinski definition) is 5. The number of aromatic hydroxyl groups is 2. The van der Waals surface area contributed by atoms with Crippen molar-refractivity contribution in [2.45, 2.75) is 37.6 Å². The number of phenolic OH excluding ortho intramolecular Hbond substituents is 2. The Kier molecular flexibility index (Phi) is 6.44. The molecule has 180 valence electrons. The lowest BCUT2D eigenvalue weighted by Crippen LogP contribution is -2.60. The van der Waals surface area contributed by atoms with E-state index in [1.54, 1.807) is 0 Å². The average Bonchev–Trinajstić information content (AvgIpc) is 2.79. The molecule has 0 spiro atoms. The van der Waals surface area contributed by atoms with Crippen LogP contribution in [0.1, 0.15) is 6.92 Å². The summed E-state index contributed by atoms with van der Waals surface area (Å²) in [5, 5.41) is 50.3. The van der Waals surface area contributed by atoms with Crippen molar-refractivity contribution in [3.63, 3.8) is 0 Å². The van der Waals surface area contributed by atoms with E-state index in [0.29, 0.717) is 5.56 Å². The summed E-state index contributed by atoms with van der Waals surface area (Å²) in [5.74, 6) is -1.14. The Bertz CT molecular complexity index is 1250. The number of carbonyl (C=O) groups excluding carboxylic acids is 1. The largest absolute Gasteiger partial charge is 0.508 e. The second-order valence-electron chi connectivity index (χ2n) is 7.78. The molecule has 0 amide bonds. The lowest BCUT2D eigenvalue weighted by molar-refractivity contribution is -0.278. The predicted molar refractivity (Wildman–Crippen MR) is 115 cm³/mol. The van der Waals surface area contributed by atoms with Gasteiger partial charge in [0.25, 0.3) is 0 Å². The number of aliphatic hydroxyl groups is 3. The van der Waals surface area contributed by atoms with Gasteiger partial charge < -0.3 is 44.2 Å². The number of esters is 1. The Morgan fingerprint density at radius 2 is 1.74 bits per heavy atom. The molecular weight excluding hydrogens is 452 g/mol. The fraction of sp³-hybridized carbons (Fsp3) is 0.304. The van der Waals surface area contributed by atoms with E-state index < -0.39 is 54.5 Å². The van der Waals surface area contributed by atoms with E-state index in [-0.39, 0.29) is 28.0 Å². The summed E-state index contributed by atoms with van der Waals surface area (Å²) >= 11 is 0. The lowest BCUT2D eigenvalue weighted by Gasteiger charge is -2.39. The van der Waals surface area contributed by atoms with Crippen molar-refractivity contribution >= 4 is 16.9 Å². The van der Waals surface area contributed by atoms with Gasteiger partial charge >= 0.3 is 5.97 Å². The van der Waals surface area contributed by atoms with Crippen LogP contribution in [0.3, 0.4) is 0 Å². The van der Waals surface area contributed by atoms with E-state index in [4.69, 9.17) is 18.6 Å². The van der Waals surface area contributed by atoms with Crippen LogP contribution < -0.4 is 10.2 Å². The molecule has 1 aromatic heterocycles. The van der Waals surface area contributed by atoms with Crippen molar-refractivity contribution in [1.29, 1.82) is 0 Å². The topological polar surface area (TPSA) is 176 Å². The maximum absolute atomic E-state index is 12.9. The molecule has 1 aliphatic rings. The Morgan fingerprint density at radius 3 is 2.41 bits per heavy atom. The fourth-order valence-corrected chi connectivity index (χ4v) is 3.60. The molecule has 0 unspecified atom stereocenters. The summed E-state index contributed by atoms with van der Waals surface area (Å²) in [5.41, 5.74) is 0.0843. The van der Waals surface area contributed by atoms with E-state index in [2.05, 4.69) is 0 Å². The van der Waals surface area contributed by atoms with Gasteiger partial charge in [-0.3, -0.25) is 9.59 Å². The molecule has 1 fully saturated rings. The van der Waals surface area contributed by atoms with Crippen LogP contribution in [-0.4, -0.2) is 68.8 Å². The zero-order chi connectivity index (χ0) is 24.6. The summed E-state index contributed by atoms with van der Waals surface area (Å²) in [6, 6.07) is 8.25. The Morgan fingerprint density at radius 1 is 1.03 bits per heavy atom. The maximum atomic E-state index is 12.9. The minimum atomic E-state index is -1.68. The van der Waals surface area contributed by atoms with E-state index >= 15 is 0 Å². The molecule has 5 atom stereocenters. The number of aliphatic hydroxyl groups excluding tert-OH is 3. The van der Waals surface area contributed by atoms with Gasteiger partial charge in [0.15, 0.2) is 0 Å². The van der Waals surface area contributed by atoms with E-state index in [0.717, 1.165) is 13.0 Å². The minimum Gasteiger partial charge on any atom is -0.508 e. The van der Waals surface area contributed by atoms with Crippen LogP contribution in [0, 0.1) is 0 Å². The molecule has 11 nitrogen and oxygen atoms in total. The van der Waals surface area contributed by atoms with E-state index in [1.165, 1.54) is 36.6 Å². The monoisotopic (exact) mass is 474 g/mol. The first kappa shape index (κ1) is 23.5. The molecule has 11 heteroatoms. The number of benzene rings is 2. The van der Waals surface area contributed by atoms with Gasteiger partial charge in [-0.1, -0.05) is 12.1 Å². The van der Waals surface area contributed by atoms with Crippen LogP contribution in [0.5, 0.6) is 17.2 Å². The van der Waals surface area contributed by atoms with Gasteiger partial charge in [0, 0.05) is 19.1 Å². The lowest BCUT2D eigenvalue weighted by atomic mass is 9.99. The van der Waals surface area contributed by atoms with Gasteiger partial charge in [-0.05, 0) is 17.7 Å².